The van der Waals surface area contributed by atoms with Crippen LogP contribution in [0.25, 0.3) is 5.65 Å². The number of nitrogens with zero attached hydrogens (tertiary/aromatic N) is 3. The van der Waals surface area contributed by atoms with E-state index in [4.69, 9.17) is 0 Å². The molecule has 1 atom stereocenters. The molecule has 2 aromatic rings. The van der Waals surface area contributed by atoms with Crippen LogP contribution in [0, 0.1) is 5.92 Å². The van der Waals surface area contributed by atoms with Crippen LogP contribution >= 0.6 is 0 Å². The maximum atomic E-state index is 11.8. The highest BCUT2D eigenvalue weighted by atomic mass is 16.1. The van der Waals surface area contributed by atoms with Gasteiger partial charge < -0.3 is 5.32 Å². The van der Waals surface area contributed by atoms with E-state index in [1.807, 2.05) is 28.8 Å². The SMILES string of the molecule is O=C(CC1C=CCC1)NCCc1nnc2ccccn12. The number of pyridine rings is 1. The molecule has 2 aromatic heterocycles. The van der Waals surface area contributed by atoms with Crippen molar-refractivity contribution in [3.63, 3.8) is 0 Å². The summed E-state index contributed by atoms with van der Waals surface area (Å²) in [5.41, 5.74) is 0.838. The zero-order chi connectivity index (χ0) is 13.8. The van der Waals surface area contributed by atoms with Gasteiger partial charge >= 0.3 is 0 Å². The van der Waals surface area contributed by atoms with Crippen molar-refractivity contribution in [2.75, 3.05) is 6.54 Å². The predicted molar refractivity (Wildman–Crippen MR) is 76.2 cm³/mol. The molecule has 5 nitrogen and oxygen atoms in total. The molecule has 1 aliphatic carbocycles. The summed E-state index contributed by atoms with van der Waals surface area (Å²) in [6, 6.07) is 5.80. The quantitative estimate of drug-likeness (QED) is 0.842. The molecule has 1 aliphatic rings. The third-order valence-corrected chi connectivity index (χ3v) is 3.62. The van der Waals surface area contributed by atoms with Crippen LogP contribution in [0.1, 0.15) is 25.1 Å². The number of amides is 1. The highest BCUT2D eigenvalue weighted by Crippen LogP contribution is 2.19. The first-order valence-electron chi connectivity index (χ1n) is 7.05. The summed E-state index contributed by atoms with van der Waals surface area (Å²) in [5, 5.41) is 11.2. The molecule has 1 unspecified atom stereocenters. The molecule has 0 saturated carbocycles. The van der Waals surface area contributed by atoms with Crippen molar-refractivity contribution in [1.82, 2.24) is 19.9 Å². The predicted octanol–water partition coefficient (Wildman–Crippen LogP) is 1.74. The molecular weight excluding hydrogens is 252 g/mol. The van der Waals surface area contributed by atoms with Crippen LogP contribution in [0.5, 0.6) is 0 Å². The number of aromatic nitrogens is 3. The van der Waals surface area contributed by atoms with Crippen molar-refractivity contribution in [1.29, 1.82) is 0 Å². The van der Waals surface area contributed by atoms with Crippen molar-refractivity contribution in [3.05, 3.63) is 42.4 Å². The maximum Gasteiger partial charge on any atom is 0.220 e. The third-order valence-electron chi connectivity index (χ3n) is 3.62. The normalized spacial score (nSPS) is 17.7. The summed E-state index contributed by atoms with van der Waals surface area (Å²) in [4.78, 5) is 11.8. The molecule has 5 heteroatoms. The van der Waals surface area contributed by atoms with Gasteiger partial charge in [0.2, 0.25) is 5.91 Å². The first-order chi connectivity index (χ1) is 9.83. The van der Waals surface area contributed by atoms with Gasteiger partial charge in [0.05, 0.1) is 0 Å². The molecule has 0 spiro atoms. The molecular formula is C15H18N4O. The number of carbonyl (C=O) groups excluding carboxylic acids is 1. The molecule has 1 amide bonds. The molecule has 0 aliphatic heterocycles. The lowest BCUT2D eigenvalue weighted by Crippen LogP contribution is -2.27. The number of fused-ring (bicyclic) bond motifs is 1. The number of rotatable bonds is 5. The van der Waals surface area contributed by atoms with Gasteiger partial charge in [0.1, 0.15) is 5.82 Å². The maximum absolute atomic E-state index is 11.8. The minimum atomic E-state index is 0.121. The van der Waals surface area contributed by atoms with Crippen molar-refractivity contribution >= 4 is 11.6 Å². The van der Waals surface area contributed by atoms with Gasteiger partial charge in [-0.3, -0.25) is 9.20 Å². The second-order valence-electron chi connectivity index (χ2n) is 5.11. The topological polar surface area (TPSA) is 59.3 Å². The fourth-order valence-electron chi connectivity index (χ4n) is 2.55. The second kappa shape index (κ2) is 5.86. The summed E-state index contributed by atoms with van der Waals surface area (Å²) < 4.78 is 1.95. The Morgan fingerprint density at radius 2 is 2.35 bits per heavy atom. The molecule has 20 heavy (non-hydrogen) atoms. The van der Waals surface area contributed by atoms with Crippen LogP contribution in [0.4, 0.5) is 0 Å². The van der Waals surface area contributed by atoms with E-state index in [-0.39, 0.29) is 5.91 Å². The summed E-state index contributed by atoms with van der Waals surface area (Å²) in [7, 11) is 0. The molecule has 0 bridgehead atoms. The average molecular weight is 270 g/mol. The third kappa shape index (κ3) is 2.87. The molecule has 0 radical (unpaired) electrons. The molecule has 0 fully saturated rings. The Bertz CT molecular complexity index is 632. The summed E-state index contributed by atoms with van der Waals surface area (Å²) in [5.74, 6) is 1.42. The Morgan fingerprint density at radius 3 is 3.20 bits per heavy atom. The lowest BCUT2D eigenvalue weighted by molar-refractivity contribution is -0.121. The van der Waals surface area contributed by atoms with Gasteiger partial charge in [0.15, 0.2) is 5.65 Å². The first-order valence-corrected chi connectivity index (χ1v) is 7.05. The van der Waals surface area contributed by atoms with E-state index in [9.17, 15) is 4.79 Å². The summed E-state index contributed by atoms with van der Waals surface area (Å²) >= 11 is 0. The highest BCUT2D eigenvalue weighted by Gasteiger charge is 2.13. The van der Waals surface area contributed by atoms with E-state index < -0.39 is 0 Å². The lowest BCUT2D eigenvalue weighted by atomic mass is 10.1. The van der Waals surface area contributed by atoms with Gasteiger partial charge in [-0.15, -0.1) is 10.2 Å². The monoisotopic (exact) mass is 270 g/mol. The van der Waals surface area contributed by atoms with Crippen LogP contribution in [0.15, 0.2) is 36.5 Å². The largest absolute Gasteiger partial charge is 0.356 e. The smallest absolute Gasteiger partial charge is 0.220 e. The fourth-order valence-corrected chi connectivity index (χ4v) is 2.55. The average Bonchev–Trinajstić information content (AvgIpc) is 3.09. The van der Waals surface area contributed by atoms with Gasteiger partial charge in [-0.25, -0.2) is 0 Å². The van der Waals surface area contributed by atoms with Crippen LogP contribution in [0.2, 0.25) is 0 Å². The van der Waals surface area contributed by atoms with Gasteiger partial charge in [-0.1, -0.05) is 18.2 Å². The Balaban J connectivity index is 1.49. The molecule has 0 aromatic carbocycles. The summed E-state index contributed by atoms with van der Waals surface area (Å²) in [6.07, 6.45) is 9.72. The van der Waals surface area contributed by atoms with Gasteiger partial charge in [0, 0.05) is 25.6 Å². The van der Waals surface area contributed by atoms with Gasteiger partial charge in [0.25, 0.3) is 0 Å². The van der Waals surface area contributed by atoms with Gasteiger partial charge in [-0.05, 0) is 30.9 Å². The molecule has 1 N–H and O–H groups in total. The highest BCUT2D eigenvalue weighted by molar-refractivity contribution is 5.76. The Labute approximate surface area is 117 Å². The molecule has 2 heterocycles. The second-order valence-corrected chi connectivity index (χ2v) is 5.11. The fraction of sp³-hybridized carbons (Fsp3) is 0.400. The Kier molecular flexibility index (Phi) is 3.76. The van der Waals surface area contributed by atoms with E-state index in [1.54, 1.807) is 0 Å². The lowest BCUT2D eigenvalue weighted by Gasteiger charge is -2.08. The Morgan fingerprint density at radius 1 is 1.40 bits per heavy atom. The van der Waals surface area contributed by atoms with Crippen LogP contribution in [-0.4, -0.2) is 27.0 Å². The van der Waals surface area contributed by atoms with Crippen molar-refractivity contribution in [2.24, 2.45) is 5.92 Å². The Hall–Kier alpha value is -2.17. The molecule has 104 valence electrons. The first kappa shape index (κ1) is 12.8. The van der Waals surface area contributed by atoms with E-state index in [0.29, 0.717) is 25.3 Å². The van der Waals surface area contributed by atoms with Crippen molar-refractivity contribution in [2.45, 2.75) is 25.7 Å². The minimum Gasteiger partial charge on any atom is -0.356 e. The number of hydrogen-bond donors (Lipinski definition) is 1. The summed E-state index contributed by atoms with van der Waals surface area (Å²) in [6.45, 7) is 0.602. The van der Waals surface area contributed by atoms with Crippen LogP contribution in [0.3, 0.4) is 0 Å². The molecule has 3 rings (SSSR count). The minimum absolute atomic E-state index is 0.121. The standard InChI is InChI=1S/C15H18N4O/c20-15(11-12-5-1-2-6-12)16-9-8-14-18-17-13-7-3-4-10-19(13)14/h1,3-5,7,10,12H,2,6,8-9,11H2,(H,16,20). The van der Waals surface area contributed by atoms with Gasteiger partial charge in [-0.2, -0.15) is 0 Å². The zero-order valence-electron chi connectivity index (χ0n) is 11.3. The van der Waals surface area contributed by atoms with Crippen LogP contribution < -0.4 is 5.32 Å². The van der Waals surface area contributed by atoms with Crippen molar-refractivity contribution in [3.8, 4) is 0 Å². The number of nitrogens with one attached hydrogen (secondary N) is 1. The van der Waals surface area contributed by atoms with E-state index >= 15 is 0 Å². The number of allylic oxidation sites excluding steroid dienone is 2. The van der Waals surface area contributed by atoms with Crippen molar-refractivity contribution < 1.29 is 4.79 Å². The van der Waals surface area contributed by atoms with E-state index in [2.05, 4.69) is 27.7 Å². The van der Waals surface area contributed by atoms with Crippen LogP contribution in [-0.2, 0) is 11.2 Å². The molecule has 0 saturated heterocycles. The van der Waals surface area contributed by atoms with E-state index in [1.165, 1.54) is 0 Å². The van der Waals surface area contributed by atoms with E-state index in [0.717, 1.165) is 24.3 Å². The zero-order valence-corrected chi connectivity index (χ0v) is 11.3. The number of carbonyl (C=O) groups is 1. The number of hydrogen-bond acceptors (Lipinski definition) is 3.